The molecular weight excluding hydrogens is 164 g/mol. The van der Waals surface area contributed by atoms with Crippen molar-refractivity contribution in [2.24, 2.45) is 0 Å². The van der Waals surface area contributed by atoms with Crippen molar-refractivity contribution in [1.82, 2.24) is 9.38 Å². The van der Waals surface area contributed by atoms with Crippen molar-refractivity contribution in [2.45, 2.75) is 13.8 Å². The molecule has 0 bridgehead atoms. The molecule has 66 valence electrons. The van der Waals surface area contributed by atoms with Crippen LogP contribution >= 0.6 is 0 Å². The van der Waals surface area contributed by atoms with Crippen molar-refractivity contribution in [3.8, 4) is 0 Å². The molecule has 3 heteroatoms. The van der Waals surface area contributed by atoms with E-state index in [1.54, 1.807) is 4.40 Å². The fourth-order valence-electron chi connectivity index (χ4n) is 1.37. The summed E-state index contributed by atoms with van der Waals surface area (Å²) >= 11 is 0. The Hall–Kier alpha value is -1.64. The van der Waals surface area contributed by atoms with Crippen LogP contribution in [0, 0.1) is 13.8 Å². The normalized spacial score (nSPS) is 10.6. The molecule has 13 heavy (non-hydrogen) atoms. The summed E-state index contributed by atoms with van der Waals surface area (Å²) in [4.78, 5) is 15.6. The maximum atomic E-state index is 11.5. The summed E-state index contributed by atoms with van der Waals surface area (Å²) in [7, 11) is 0. The predicted octanol–water partition coefficient (Wildman–Crippen LogP) is 1.31. The van der Waals surface area contributed by atoms with Gasteiger partial charge in [-0.05, 0) is 25.5 Å². The molecule has 0 aliphatic rings. The first kappa shape index (κ1) is 7.98. The number of fused-ring (bicyclic) bond motifs is 1. The molecule has 0 spiro atoms. The molecule has 0 aliphatic heterocycles. The Morgan fingerprint density at radius 1 is 1.23 bits per heavy atom. The zero-order valence-electron chi connectivity index (χ0n) is 7.61. The lowest BCUT2D eigenvalue weighted by atomic mass is 10.2. The molecule has 3 nitrogen and oxygen atoms in total. The molecule has 0 saturated carbocycles. The highest BCUT2D eigenvalue weighted by atomic mass is 16.1. The summed E-state index contributed by atoms with van der Waals surface area (Å²) in [6.45, 7) is 3.90. The summed E-state index contributed by atoms with van der Waals surface area (Å²) in [5.74, 6) is 0. The van der Waals surface area contributed by atoms with Crippen LogP contribution < -0.4 is 5.56 Å². The van der Waals surface area contributed by atoms with E-state index in [-0.39, 0.29) is 5.56 Å². The van der Waals surface area contributed by atoms with Crippen molar-refractivity contribution < 1.29 is 0 Å². The molecule has 2 aromatic rings. The lowest BCUT2D eigenvalue weighted by Gasteiger charge is -2.05. The van der Waals surface area contributed by atoms with Gasteiger partial charge in [0.2, 0.25) is 0 Å². The Labute approximate surface area is 75.7 Å². The van der Waals surface area contributed by atoms with Crippen LogP contribution in [0.4, 0.5) is 0 Å². The van der Waals surface area contributed by atoms with Crippen LogP contribution in [0.2, 0.25) is 0 Å². The van der Waals surface area contributed by atoms with Crippen LogP contribution in [0.5, 0.6) is 0 Å². The summed E-state index contributed by atoms with van der Waals surface area (Å²) in [6, 6.07) is 5.29. The van der Waals surface area contributed by atoms with Gasteiger partial charge in [0.25, 0.3) is 5.56 Å². The summed E-state index contributed by atoms with van der Waals surface area (Å²) in [6.07, 6.45) is 1.53. The van der Waals surface area contributed by atoms with E-state index in [0.717, 1.165) is 11.3 Å². The van der Waals surface area contributed by atoms with Crippen molar-refractivity contribution in [3.63, 3.8) is 0 Å². The monoisotopic (exact) mass is 174 g/mol. The SMILES string of the molecule is Cc1ccc2nccc(=O)n2c1C. The van der Waals surface area contributed by atoms with Crippen molar-refractivity contribution in [3.05, 3.63) is 46.0 Å². The molecule has 0 saturated heterocycles. The minimum absolute atomic E-state index is 0.0220. The second-order valence-electron chi connectivity index (χ2n) is 3.08. The largest absolute Gasteiger partial charge is 0.269 e. The van der Waals surface area contributed by atoms with Crippen molar-refractivity contribution in [2.75, 3.05) is 0 Å². The average Bonchev–Trinajstić information content (AvgIpc) is 2.12. The molecule has 0 unspecified atom stereocenters. The summed E-state index contributed by atoms with van der Waals surface area (Å²) < 4.78 is 1.62. The van der Waals surface area contributed by atoms with Gasteiger partial charge < -0.3 is 0 Å². The lowest BCUT2D eigenvalue weighted by molar-refractivity contribution is 0.973. The average molecular weight is 174 g/mol. The third-order valence-corrected chi connectivity index (χ3v) is 2.26. The maximum absolute atomic E-state index is 11.5. The van der Waals surface area contributed by atoms with Gasteiger partial charge in [-0.2, -0.15) is 0 Å². The highest BCUT2D eigenvalue weighted by molar-refractivity contribution is 5.41. The second kappa shape index (κ2) is 2.69. The topological polar surface area (TPSA) is 34.4 Å². The van der Waals surface area contributed by atoms with Gasteiger partial charge in [0.15, 0.2) is 0 Å². The Morgan fingerprint density at radius 2 is 2.00 bits per heavy atom. The minimum Gasteiger partial charge on any atom is -0.269 e. The third kappa shape index (κ3) is 1.13. The number of hydrogen-bond acceptors (Lipinski definition) is 2. The number of hydrogen-bond donors (Lipinski definition) is 0. The van der Waals surface area contributed by atoms with E-state index in [1.807, 2.05) is 26.0 Å². The smallest absolute Gasteiger partial charge is 0.258 e. The minimum atomic E-state index is -0.0220. The van der Waals surface area contributed by atoms with Crippen molar-refractivity contribution in [1.29, 1.82) is 0 Å². The predicted molar refractivity (Wildman–Crippen MR) is 50.9 cm³/mol. The number of aromatic nitrogens is 2. The van der Waals surface area contributed by atoms with E-state index in [4.69, 9.17) is 0 Å². The van der Waals surface area contributed by atoms with Gasteiger partial charge in [0.05, 0.1) is 0 Å². The van der Waals surface area contributed by atoms with Gasteiger partial charge in [0, 0.05) is 18.0 Å². The quantitative estimate of drug-likeness (QED) is 0.603. The van der Waals surface area contributed by atoms with Gasteiger partial charge in [-0.1, -0.05) is 6.07 Å². The Morgan fingerprint density at radius 3 is 2.77 bits per heavy atom. The van der Waals surface area contributed by atoms with Crippen LogP contribution in [-0.2, 0) is 0 Å². The first-order valence-electron chi connectivity index (χ1n) is 4.14. The molecule has 2 rings (SSSR count). The first-order chi connectivity index (χ1) is 6.20. The van der Waals surface area contributed by atoms with Crippen LogP contribution in [0.25, 0.3) is 5.65 Å². The number of aryl methyl sites for hydroxylation is 2. The first-order valence-corrected chi connectivity index (χ1v) is 4.14. The molecule has 0 fully saturated rings. The van der Waals surface area contributed by atoms with E-state index in [1.165, 1.54) is 12.3 Å². The fourth-order valence-corrected chi connectivity index (χ4v) is 1.37. The molecule has 0 atom stereocenters. The Bertz CT molecular complexity index is 514. The van der Waals surface area contributed by atoms with E-state index in [9.17, 15) is 4.79 Å². The van der Waals surface area contributed by atoms with Gasteiger partial charge in [-0.3, -0.25) is 9.20 Å². The molecule has 0 amide bonds. The molecule has 0 aromatic carbocycles. The van der Waals surface area contributed by atoms with E-state index in [0.29, 0.717) is 5.65 Å². The van der Waals surface area contributed by atoms with Gasteiger partial charge >= 0.3 is 0 Å². The highest BCUT2D eigenvalue weighted by Crippen LogP contribution is 2.06. The van der Waals surface area contributed by atoms with Gasteiger partial charge in [0.1, 0.15) is 5.65 Å². The number of rotatable bonds is 0. The number of nitrogens with zero attached hydrogens (tertiary/aromatic N) is 2. The molecule has 2 aromatic heterocycles. The van der Waals surface area contributed by atoms with Crippen molar-refractivity contribution >= 4 is 5.65 Å². The maximum Gasteiger partial charge on any atom is 0.258 e. The molecule has 2 heterocycles. The second-order valence-corrected chi connectivity index (χ2v) is 3.08. The Kier molecular flexibility index (Phi) is 1.65. The third-order valence-electron chi connectivity index (χ3n) is 2.26. The van der Waals surface area contributed by atoms with Crippen LogP contribution in [0.3, 0.4) is 0 Å². The molecule has 0 aliphatic carbocycles. The van der Waals surface area contributed by atoms with E-state index >= 15 is 0 Å². The van der Waals surface area contributed by atoms with Gasteiger partial charge in [-0.25, -0.2) is 4.98 Å². The van der Waals surface area contributed by atoms with Crippen LogP contribution in [-0.4, -0.2) is 9.38 Å². The molecule has 0 N–H and O–H groups in total. The summed E-state index contributed by atoms with van der Waals surface area (Å²) in [5.41, 5.74) is 2.74. The van der Waals surface area contributed by atoms with Gasteiger partial charge in [-0.15, -0.1) is 0 Å². The Balaban J connectivity index is 3.06. The van der Waals surface area contributed by atoms with E-state index in [2.05, 4.69) is 4.98 Å². The standard InChI is InChI=1S/C10H10N2O/c1-7-3-4-9-11-6-5-10(13)12(9)8(7)2/h3-6H,1-2H3. The van der Waals surface area contributed by atoms with Crippen LogP contribution in [0.15, 0.2) is 29.2 Å². The zero-order valence-corrected chi connectivity index (χ0v) is 7.61. The lowest BCUT2D eigenvalue weighted by Crippen LogP contribution is -2.15. The molecule has 0 radical (unpaired) electrons. The number of pyridine rings is 1. The van der Waals surface area contributed by atoms with E-state index < -0.39 is 0 Å². The zero-order chi connectivity index (χ0) is 9.42. The molecular formula is C10H10N2O. The summed E-state index contributed by atoms with van der Waals surface area (Å²) in [5, 5.41) is 0. The fraction of sp³-hybridized carbons (Fsp3) is 0.200. The highest BCUT2D eigenvalue weighted by Gasteiger charge is 2.00. The van der Waals surface area contributed by atoms with Crippen LogP contribution in [0.1, 0.15) is 11.3 Å².